The van der Waals surface area contributed by atoms with Gasteiger partial charge in [0, 0.05) is 24.2 Å². The Morgan fingerprint density at radius 1 is 1.29 bits per heavy atom. The summed E-state index contributed by atoms with van der Waals surface area (Å²) in [6.07, 6.45) is 2.55. The first-order valence-corrected chi connectivity index (χ1v) is 7.97. The second-order valence-electron chi connectivity index (χ2n) is 6.48. The summed E-state index contributed by atoms with van der Waals surface area (Å²) in [6, 6.07) is 7.94. The van der Waals surface area contributed by atoms with Crippen LogP contribution >= 0.6 is 0 Å². The number of hydrogen-bond acceptors (Lipinski definition) is 2. The molecule has 1 aliphatic carbocycles. The van der Waals surface area contributed by atoms with Crippen molar-refractivity contribution in [2.75, 3.05) is 20.1 Å². The van der Waals surface area contributed by atoms with Crippen molar-refractivity contribution in [2.24, 2.45) is 5.92 Å². The van der Waals surface area contributed by atoms with Gasteiger partial charge in [-0.05, 0) is 56.8 Å². The van der Waals surface area contributed by atoms with Gasteiger partial charge in [0.2, 0.25) is 0 Å². The number of halogens is 2. The van der Waals surface area contributed by atoms with Crippen LogP contribution in [0.4, 0.5) is 8.78 Å². The molecule has 0 radical (unpaired) electrons. The first kappa shape index (κ1) is 14.9. The zero-order valence-electron chi connectivity index (χ0n) is 12.6. The van der Waals surface area contributed by atoms with Crippen molar-refractivity contribution in [1.29, 1.82) is 0 Å². The van der Waals surface area contributed by atoms with Gasteiger partial charge in [-0.3, -0.25) is 4.90 Å². The molecule has 0 spiro atoms. The number of hydrogen-bond donors (Lipinski definition) is 1. The van der Waals surface area contributed by atoms with Gasteiger partial charge in [-0.25, -0.2) is 8.78 Å². The Labute approximate surface area is 125 Å². The van der Waals surface area contributed by atoms with Gasteiger partial charge in [0.15, 0.2) is 0 Å². The van der Waals surface area contributed by atoms with E-state index >= 15 is 0 Å². The van der Waals surface area contributed by atoms with Gasteiger partial charge in [0.25, 0.3) is 6.43 Å². The summed E-state index contributed by atoms with van der Waals surface area (Å²) >= 11 is 0. The highest BCUT2D eigenvalue weighted by atomic mass is 19.3. The molecule has 1 N–H and O–H groups in total. The van der Waals surface area contributed by atoms with Crippen LogP contribution in [0.1, 0.15) is 49.3 Å². The van der Waals surface area contributed by atoms with Crippen molar-refractivity contribution >= 4 is 0 Å². The van der Waals surface area contributed by atoms with Crippen LogP contribution in [0.5, 0.6) is 0 Å². The first-order chi connectivity index (χ1) is 10.1. The summed E-state index contributed by atoms with van der Waals surface area (Å²) in [5.41, 5.74) is 1.18. The van der Waals surface area contributed by atoms with Gasteiger partial charge in [0.05, 0.1) is 0 Å². The van der Waals surface area contributed by atoms with E-state index in [9.17, 15) is 8.78 Å². The molecule has 0 aromatic heterocycles. The molecular formula is C17H24F2N2. The van der Waals surface area contributed by atoms with E-state index in [0.717, 1.165) is 18.7 Å². The average Bonchev–Trinajstić information content (AvgIpc) is 3.29. The minimum Gasteiger partial charge on any atom is -0.314 e. The summed E-state index contributed by atoms with van der Waals surface area (Å²) < 4.78 is 25.9. The Balaban J connectivity index is 1.78. The van der Waals surface area contributed by atoms with Crippen molar-refractivity contribution in [3.8, 4) is 0 Å². The third-order valence-corrected chi connectivity index (χ3v) is 4.76. The smallest absolute Gasteiger partial charge is 0.263 e. The van der Waals surface area contributed by atoms with E-state index in [1.807, 2.05) is 6.07 Å². The van der Waals surface area contributed by atoms with E-state index in [2.05, 4.69) is 17.3 Å². The van der Waals surface area contributed by atoms with E-state index < -0.39 is 6.43 Å². The minimum atomic E-state index is -2.39. The van der Waals surface area contributed by atoms with Crippen molar-refractivity contribution in [3.63, 3.8) is 0 Å². The van der Waals surface area contributed by atoms with Gasteiger partial charge in [-0.2, -0.15) is 0 Å². The number of nitrogens with zero attached hydrogens (tertiary/aromatic N) is 1. The van der Waals surface area contributed by atoms with E-state index in [0.29, 0.717) is 12.0 Å². The predicted octanol–water partition coefficient (Wildman–Crippen LogP) is 3.76. The fraction of sp³-hybridized carbons (Fsp3) is 0.647. The van der Waals surface area contributed by atoms with Crippen LogP contribution < -0.4 is 5.32 Å². The van der Waals surface area contributed by atoms with Gasteiger partial charge in [-0.15, -0.1) is 0 Å². The monoisotopic (exact) mass is 294 g/mol. The molecule has 116 valence electrons. The standard InChI is InChI=1S/C17H24F2N2/c1-21-9-3-6-14(11-20-15-7-8-15)16(21)12-4-2-5-13(10-12)17(18)19/h2,4-5,10,14-17,20H,3,6-9,11H2,1H3. The van der Waals surface area contributed by atoms with Crippen LogP contribution in [0, 0.1) is 5.92 Å². The highest BCUT2D eigenvalue weighted by molar-refractivity contribution is 5.28. The molecule has 1 saturated carbocycles. The summed E-state index contributed by atoms with van der Waals surface area (Å²) in [7, 11) is 2.11. The van der Waals surface area contributed by atoms with Crippen molar-refractivity contribution in [3.05, 3.63) is 35.4 Å². The molecule has 1 aromatic rings. The molecule has 3 rings (SSSR count). The lowest BCUT2D eigenvalue weighted by Gasteiger charge is -2.40. The highest BCUT2D eigenvalue weighted by Crippen LogP contribution is 2.36. The number of piperidine rings is 1. The number of rotatable bonds is 5. The molecule has 4 heteroatoms. The Kier molecular flexibility index (Phi) is 4.55. The van der Waals surface area contributed by atoms with Crippen molar-refractivity contribution < 1.29 is 8.78 Å². The molecule has 2 atom stereocenters. The highest BCUT2D eigenvalue weighted by Gasteiger charge is 2.32. The van der Waals surface area contributed by atoms with E-state index in [1.165, 1.54) is 31.7 Å². The van der Waals surface area contributed by atoms with Crippen LogP contribution in [0.15, 0.2) is 24.3 Å². The van der Waals surface area contributed by atoms with E-state index in [4.69, 9.17) is 0 Å². The largest absolute Gasteiger partial charge is 0.314 e. The summed E-state index contributed by atoms with van der Waals surface area (Å²) in [6.45, 7) is 2.04. The predicted molar refractivity (Wildman–Crippen MR) is 80.5 cm³/mol. The van der Waals surface area contributed by atoms with Gasteiger partial charge in [-0.1, -0.05) is 18.2 Å². The minimum absolute atomic E-state index is 0.139. The fourth-order valence-corrected chi connectivity index (χ4v) is 3.48. The molecule has 2 unspecified atom stereocenters. The van der Waals surface area contributed by atoms with Gasteiger partial charge < -0.3 is 5.32 Å². The molecule has 1 heterocycles. The lowest BCUT2D eigenvalue weighted by atomic mass is 9.84. The fourth-order valence-electron chi connectivity index (χ4n) is 3.48. The summed E-state index contributed by atoms with van der Waals surface area (Å²) in [4.78, 5) is 2.33. The number of likely N-dealkylation sites (tertiary alicyclic amines) is 1. The molecule has 1 aliphatic heterocycles. The lowest BCUT2D eigenvalue weighted by molar-refractivity contribution is 0.118. The van der Waals surface area contributed by atoms with Crippen LogP contribution in [0.25, 0.3) is 0 Å². The Morgan fingerprint density at radius 2 is 2.10 bits per heavy atom. The second kappa shape index (κ2) is 6.41. The van der Waals surface area contributed by atoms with Crippen LogP contribution in [0.2, 0.25) is 0 Å². The average molecular weight is 294 g/mol. The molecule has 2 aliphatic rings. The molecule has 2 fully saturated rings. The molecule has 0 amide bonds. The summed E-state index contributed by atoms with van der Waals surface area (Å²) in [5, 5.41) is 3.61. The topological polar surface area (TPSA) is 15.3 Å². The SMILES string of the molecule is CN1CCCC(CNC2CC2)C1c1cccc(C(F)F)c1. The molecule has 1 saturated heterocycles. The first-order valence-electron chi connectivity index (χ1n) is 7.97. The molecular weight excluding hydrogens is 270 g/mol. The maximum absolute atomic E-state index is 12.9. The normalized spacial score (nSPS) is 27.2. The second-order valence-corrected chi connectivity index (χ2v) is 6.48. The quantitative estimate of drug-likeness (QED) is 0.889. The van der Waals surface area contributed by atoms with Crippen LogP contribution in [-0.4, -0.2) is 31.1 Å². The maximum Gasteiger partial charge on any atom is 0.263 e. The molecule has 1 aromatic carbocycles. The third kappa shape index (κ3) is 3.61. The van der Waals surface area contributed by atoms with Gasteiger partial charge >= 0.3 is 0 Å². The molecule has 21 heavy (non-hydrogen) atoms. The Bertz CT molecular complexity index is 474. The number of nitrogens with one attached hydrogen (secondary N) is 1. The summed E-state index contributed by atoms with van der Waals surface area (Å²) in [5.74, 6) is 0.511. The zero-order valence-corrected chi connectivity index (χ0v) is 12.6. The number of benzene rings is 1. The van der Waals surface area contributed by atoms with Gasteiger partial charge in [0.1, 0.15) is 0 Å². The van der Waals surface area contributed by atoms with Crippen LogP contribution in [0.3, 0.4) is 0 Å². The van der Waals surface area contributed by atoms with Crippen LogP contribution in [-0.2, 0) is 0 Å². The molecule has 2 nitrogen and oxygen atoms in total. The van der Waals surface area contributed by atoms with E-state index in [-0.39, 0.29) is 11.6 Å². The van der Waals surface area contributed by atoms with Crippen molar-refractivity contribution in [1.82, 2.24) is 10.2 Å². The number of alkyl halides is 2. The molecule has 0 bridgehead atoms. The zero-order chi connectivity index (χ0) is 14.8. The van der Waals surface area contributed by atoms with Crippen molar-refractivity contribution in [2.45, 2.75) is 44.2 Å². The Hall–Kier alpha value is -1.00. The Morgan fingerprint density at radius 3 is 2.81 bits per heavy atom. The lowest BCUT2D eigenvalue weighted by Crippen LogP contribution is -2.41. The van der Waals surface area contributed by atoms with E-state index in [1.54, 1.807) is 12.1 Å². The maximum atomic E-state index is 12.9. The third-order valence-electron chi connectivity index (χ3n) is 4.76.